The van der Waals surface area contributed by atoms with Crippen molar-refractivity contribution >= 4 is 48.9 Å². The summed E-state index contributed by atoms with van der Waals surface area (Å²) in [6.45, 7) is 7.59. The lowest BCUT2D eigenvalue weighted by Crippen LogP contribution is -2.58. The molecule has 0 heterocycles. The number of hydrogen-bond acceptors (Lipinski definition) is 7. The molecular formula is C18H34N4O5S2. The fourth-order valence-corrected chi connectivity index (χ4v) is 3.03. The molecule has 0 bridgehead atoms. The highest BCUT2D eigenvalue weighted by Crippen LogP contribution is 2.07. The third kappa shape index (κ3) is 10.8. The summed E-state index contributed by atoms with van der Waals surface area (Å²) in [6, 6.07) is -3.88. The summed E-state index contributed by atoms with van der Waals surface area (Å²) in [4.78, 5) is 48.4. The van der Waals surface area contributed by atoms with Gasteiger partial charge in [0, 0.05) is 11.5 Å². The Kier molecular flexibility index (Phi) is 13.0. The van der Waals surface area contributed by atoms with E-state index in [0.29, 0.717) is 6.42 Å². The van der Waals surface area contributed by atoms with Gasteiger partial charge >= 0.3 is 5.97 Å². The Morgan fingerprint density at radius 2 is 1.17 bits per heavy atom. The number of carboxylic acid groups (broad SMARTS) is 1. The molecule has 0 unspecified atom stereocenters. The zero-order valence-electron chi connectivity index (χ0n) is 17.3. The molecule has 0 spiro atoms. The van der Waals surface area contributed by atoms with Crippen molar-refractivity contribution in [2.24, 2.45) is 17.6 Å². The van der Waals surface area contributed by atoms with Gasteiger partial charge in [0.1, 0.15) is 18.1 Å². The summed E-state index contributed by atoms with van der Waals surface area (Å²) >= 11 is 8.02. The maximum atomic E-state index is 12.6. The molecule has 0 aliphatic carbocycles. The van der Waals surface area contributed by atoms with Crippen molar-refractivity contribution in [3.05, 3.63) is 0 Å². The maximum Gasteiger partial charge on any atom is 0.327 e. The molecule has 168 valence electrons. The van der Waals surface area contributed by atoms with Crippen molar-refractivity contribution in [3.8, 4) is 0 Å². The summed E-state index contributed by atoms with van der Waals surface area (Å²) < 4.78 is 0. The van der Waals surface area contributed by atoms with E-state index in [2.05, 4.69) is 41.2 Å². The highest BCUT2D eigenvalue weighted by molar-refractivity contribution is 7.80. The third-order valence-corrected chi connectivity index (χ3v) is 4.75. The lowest BCUT2D eigenvalue weighted by atomic mass is 10.0. The van der Waals surface area contributed by atoms with Gasteiger partial charge in [0.15, 0.2) is 0 Å². The first kappa shape index (κ1) is 27.5. The molecular weight excluding hydrogens is 416 g/mol. The fraction of sp³-hybridized carbons (Fsp3) is 0.778. The molecule has 0 aliphatic heterocycles. The highest BCUT2D eigenvalue weighted by atomic mass is 32.1. The molecule has 29 heavy (non-hydrogen) atoms. The topological polar surface area (TPSA) is 151 Å². The number of nitrogens with one attached hydrogen (secondary N) is 3. The van der Waals surface area contributed by atoms with Gasteiger partial charge in [-0.05, 0) is 24.7 Å². The molecule has 3 amide bonds. The van der Waals surface area contributed by atoms with Crippen LogP contribution in [0, 0.1) is 11.8 Å². The smallest absolute Gasteiger partial charge is 0.327 e. The SMILES string of the molecule is CC(C)C[C@H](NC(=O)[C@H](CS)NC(=O)[C@@H](N)CC(C)C)C(=O)N[C@@H](CS)C(=O)O. The second kappa shape index (κ2) is 13.7. The number of carboxylic acids is 1. The van der Waals surface area contributed by atoms with Crippen LogP contribution < -0.4 is 21.7 Å². The average Bonchev–Trinajstić information content (AvgIpc) is 2.61. The molecule has 0 rings (SSSR count). The van der Waals surface area contributed by atoms with Gasteiger partial charge < -0.3 is 26.8 Å². The Labute approximate surface area is 183 Å². The predicted octanol–water partition coefficient (Wildman–Crippen LogP) is -0.195. The largest absolute Gasteiger partial charge is 0.480 e. The number of aliphatic carboxylic acids is 1. The predicted molar refractivity (Wildman–Crippen MR) is 118 cm³/mol. The van der Waals surface area contributed by atoms with Crippen molar-refractivity contribution in [3.63, 3.8) is 0 Å². The monoisotopic (exact) mass is 450 g/mol. The van der Waals surface area contributed by atoms with Crippen LogP contribution in [0.25, 0.3) is 0 Å². The first-order valence-corrected chi connectivity index (χ1v) is 10.8. The first-order chi connectivity index (χ1) is 13.4. The first-order valence-electron chi connectivity index (χ1n) is 9.54. The number of hydrogen-bond donors (Lipinski definition) is 7. The molecule has 9 nitrogen and oxygen atoms in total. The number of nitrogens with two attached hydrogens (primary N) is 1. The van der Waals surface area contributed by atoms with E-state index >= 15 is 0 Å². The van der Waals surface area contributed by atoms with Gasteiger partial charge in [-0.3, -0.25) is 14.4 Å². The van der Waals surface area contributed by atoms with Crippen LogP contribution in [0.4, 0.5) is 0 Å². The number of thiol groups is 2. The molecule has 0 aliphatic rings. The van der Waals surface area contributed by atoms with Gasteiger partial charge in [0.2, 0.25) is 17.7 Å². The second-order valence-electron chi connectivity index (χ2n) is 7.75. The molecule has 6 N–H and O–H groups in total. The maximum absolute atomic E-state index is 12.6. The zero-order chi connectivity index (χ0) is 22.7. The van der Waals surface area contributed by atoms with Crippen LogP contribution in [-0.2, 0) is 19.2 Å². The Bertz CT molecular complexity index is 574. The Morgan fingerprint density at radius 1 is 0.759 bits per heavy atom. The van der Waals surface area contributed by atoms with Crippen LogP contribution >= 0.6 is 25.3 Å². The molecule has 0 radical (unpaired) electrons. The number of amides is 3. The highest BCUT2D eigenvalue weighted by Gasteiger charge is 2.30. The van der Waals surface area contributed by atoms with Crippen LogP contribution in [-0.4, -0.2) is 64.5 Å². The fourth-order valence-electron chi connectivity index (χ4n) is 2.52. The van der Waals surface area contributed by atoms with E-state index in [1.165, 1.54) is 0 Å². The van der Waals surface area contributed by atoms with Crippen LogP contribution in [0.1, 0.15) is 40.5 Å². The summed E-state index contributed by atoms with van der Waals surface area (Å²) in [5.74, 6) is -2.73. The van der Waals surface area contributed by atoms with Crippen molar-refractivity contribution in [2.75, 3.05) is 11.5 Å². The third-order valence-electron chi connectivity index (χ3n) is 4.01. The summed E-state index contributed by atoms with van der Waals surface area (Å²) in [5.41, 5.74) is 5.84. The molecule has 11 heteroatoms. The quantitative estimate of drug-likeness (QED) is 0.193. The summed E-state index contributed by atoms with van der Waals surface area (Å²) in [7, 11) is 0. The molecule has 0 aromatic rings. The van der Waals surface area contributed by atoms with Crippen molar-refractivity contribution in [1.82, 2.24) is 16.0 Å². The van der Waals surface area contributed by atoms with E-state index in [4.69, 9.17) is 10.8 Å². The van der Waals surface area contributed by atoms with Gasteiger partial charge in [-0.2, -0.15) is 25.3 Å². The minimum absolute atomic E-state index is 0.0103. The summed E-state index contributed by atoms with van der Waals surface area (Å²) in [5, 5.41) is 16.6. The molecule has 0 aromatic heterocycles. The minimum Gasteiger partial charge on any atom is -0.480 e. The van der Waals surface area contributed by atoms with E-state index in [0.717, 1.165) is 0 Å². The van der Waals surface area contributed by atoms with Gasteiger partial charge in [-0.25, -0.2) is 4.79 Å². The zero-order valence-corrected chi connectivity index (χ0v) is 19.1. The van der Waals surface area contributed by atoms with Crippen LogP contribution in [0.2, 0.25) is 0 Å². The molecule has 0 aromatic carbocycles. The normalized spacial score (nSPS) is 15.3. The Balaban J connectivity index is 5.15. The lowest BCUT2D eigenvalue weighted by Gasteiger charge is -2.25. The molecule has 0 saturated heterocycles. The Hall–Kier alpha value is -1.46. The lowest BCUT2D eigenvalue weighted by molar-refractivity contribution is -0.141. The van der Waals surface area contributed by atoms with E-state index in [1.807, 2.05) is 27.7 Å². The Morgan fingerprint density at radius 3 is 1.59 bits per heavy atom. The van der Waals surface area contributed by atoms with Crippen molar-refractivity contribution in [1.29, 1.82) is 0 Å². The standard InChI is InChI=1S/C18H34N4O5S2/c1-9(2)5-11(19)15(23)21-13(7-28)17(25)20-12(6-10(3)4)16(24)22-14(8-29)18(26)27/h9-14,28-29H,5-8,19H2,1-4H3,(H,20,25)(H,21,23)(H,22,24)(H,26,27)/t11-,12-,13-,14-/m0/s1. The van der Waals surface area contributed by atoms with Crippen LogP contribution in [0.5, 0.6) is 0 Å². The van der Waals surface area contributed by atoms with Gasteiger partial charge in [-0.1, -0.05) is 27.7 Å². The van der Waals surface area contributed by atoms with E-state index in [-0.39, 0.29) is 29.8 Å². The van der Waals surface area contributed by atoms with Gasteiger partial charge in [0.25, 0.3) is 0 Å². The van der Waals surface area contributed by atoms with Gasteiger partial charge in [-0.15, -0.1) is 0 Å². The molecule has 4 atom stereocenters. The van der Waals surface area contributed by atoms with E-state index in [9.17, 15) is 19.2 Å². The van der Waals surface area contributed by atoms with Crippen LogP contribution in [0.15, 0.2) is 0 Å². The summed E-state index contributed by atoms with van der Waals surface area (Å²) in [6.07, 6.45) is 0.752. The van der Waals surface area contributed by atoms with Gasteiger partial charge in [0.05, 0.1) is 6.04 Å². The average molecular weight is 451 g/mol. The van der Waals surface area contributed by atoms with Crippen LogP contribution in [0.3, 0.4) is 0 Å². The van der Waals surface area contributed by atoms with E-state index < -0.39 is 47.9 Å². The minimum atomic E-state index is -1.22. The molecule has 0 fully saturated rings. The number of carbonyl (C=O) groups excluding carboxylic acids is 3. The van der Waals surface area contributed by atoms with E-state index in [1.54, 1.807) is 0 Å². The number of rotatable bonds is 13. The number of carbonyl (C=O) groups is 4. The second-order valence-corrected chi connectivity index (χ2v) is 8.48. The van der Waals surface area contributed by atoms with Crippen molar-refractivity contribution in [2.45, 2.75) is 64.7 Å². The van der Waals surface area contributed by atoms with Crippen molar-refractivity contribution < 1.29 is 24.3 Å². The molecule has 0 saturated carbocycles.